The van der Waals surface area contributed by atoms with Crippen LogP contribution in [0.2, 0.25) is 0 Å². The second kappa shape index (κ2) is 7.56. The largest absolute Gasteiger partial charge is 0.493 e. The first-order valence-corrected chi connectivity index (χ1v) is 6.87. The lowest BCUT2D eigenvalue weighted by atomic mass is 10.1. The van der Waals surface area contributed by atoms with E-state index in [2.05, 4.69) is 12.1 Å². The Bertz CT molecular complexity index is 513. The third-order valence-electron chi connectivity index (χ3n) is 3.22. The molecule has 20 heavy (non-hydrogen) atoms. The number of nitrogens with two attached hydrogens (primary N) is 1. The van der Waals surface area contributed by atoms with Gasteiger partial charge in [0, 0.05) is 6.54 Å². The molecule has 2 N–H and O–H groups in total. The second-order valence-corrected chi connectivity index (χ2v) is 4.65. The lowest BCUT2D eigenvalue weighted by Gasteiger charge is -2.19. The lowest BCUT2D eigenvalue weighted by molar-refractivity contribution is 0.191. The number of hydrogen-bond donors (Lipinski definition) is 1. The summed E-state index contributed by atoms with van der Waals surface area (Å²) in [4.78, 5) is 0. The van der Waals surface area contributed by atoms with E-state index in [4.69, 9.17) is 15.2 Å². The topological polar surface area (TPSA) is 44.5 Å². The van der Waals surface area contributed by atoms with E-state index < -0.39 is 0 Å². The maximum Gasteiger partial charge on any atom is 0.161 e. The van der Waals surface area contributed by atoms with Gasteiger partial charge in [-0.2, -0.15) is 0 Å². The van der Waals surface area contributed by atoms with Crippen molar-refractivity contribution in [1.82, 2.24) is 0 Å². The molecule has 0 radical (unpaired) electrons. The third-order valence-corrected chi connectivity index (χ3v) is 3.22. The van der Waals surface area contributed by atoms with Gasteiger partial charge in [0.1, 0.15) is 6.10 Å². The van der Waals surface area contributed by atoms with E-state index in [0.29, 0.717) is 6.54 Å². The smallest absolute Gasteiger partial charge is 0.161 e. The summed E-state index contributed by atoms with van der Waals surface area (Å²) < 4.78 is 11.2. The van der Waals surface area contributed by atoms with E-state index in [-0.39, 0.29) is 6.10 Å². The molecule has 2 aromatic carbocycles. The highest BCUT2D eigenvalue weighted by Crippen LogP contribution is 2.27. The van der Waals surface area contributed by atoms with Crippen molar-refractivity contribution in [2.75, 3.05) is 13.7 Å². The van der Waals surface area contributed by atoms with Crippen molar-refractivity contribution in [3.63, 3.8) is 0 Å². The van der Waals surface area contributed by atoms with Crippen LogP contribution in [0.15, 0.2) is 54.6 Å². The fourth-order valence-corrected chi connectivity index (χ4v) is 2.09. The van der Waals surface area contributed by atoms with Crippen LogP contribution in [0.3, 0.4) is 0 Å². The maximum absolute atomic E-state index is 5.96. The first kappa shape index (κ1) is 14.4. The lowest BCUT2D eigenvalue weighted by Crippen LogP contribution is -2.27. The Kier molecular flexibility index (Phi) is 5.44. The molecule has 0 aliphatic heterocycles. The van der Waals surface area contributed by atoms with Crippen LogP contribution in [0.4, 0.5) is 0 Å². The highest BCUT2D eigenvalue weighted by atomic mass is 16.5. The molecule has 0 aliphatic carbocycles. The Hall–Kier alpha value is -2.00. The van der Waals surface area contributed by atoms with Gasteiger partial charge in [0.05, 0.1) is 7.11 Å². The molecule has 0 fully saturated rings. The summed E-state index contributed by atoms with van der Waals surface area (Å²) in [7, 11) is 1.64. The van der Waals surface area contributed by atoms with E-state index in [9.17, 15) is 0 Å². The molecule has 0 aliphatic rings. The van der Waals surface area contributed by atoms with Gasteiger partial charge in [0.25, 0.3) is 0 Å². The summed E-state index contributed by atoms with van der Waals surface area (Å²) in [6.45, 7) is 0.491. The molecule has 1 unspecified atom stereocenters. The molecular formula is C17H21NO2. The zero-order valence-electron chi connectivity index (χ0n) is 11.8. The Labute approximate surface area is 120 Å². The first-order chi connectivity index (χ1) is 9.83. The van der Waals surface area contributed by atoms with Gasteiger partial charge in [-0.15, -0.1) is 0 Å². The zero-order chi connectivity index (χ0) is 14.2. The standard InChI is InChI=1S/C17H21NO2/c1-19-16-9-5-6-10-17(16)20-15(13-18)12-11-14-7-3-2-4-8-14/h2-10,15H,11-13,18H2,1H3. The monoisotopic (exact) mass is 271 g/mol. The van der Waals surface area contributed by atoms with Gasteiger partial charge in [0.2, 0.25) is 0 Å². The molecule has 1 atom stereocenters. The van der Waals surface area contributed by atoms with Crippen molar-refractivity contribution in [3.8, 4) is 11.5 Å². The minimum atomic E-state index is -0.00786. The average molecular weight is 271 g/mol. The minimum absolute atomic E-state index is 0.00786. The van der Waals surface area contributed by atoms with E-state index in [1.54, 1.807) is 7.11 Å². The Morgan fingerprint density at radius 1 is 0.950 bits per heavy atom. The number of benzene rings is 2. The van der Waals surface area contributed by atoms with Crippen LogP contribution in [0.25, 0.3) is 0 Å². The molecule has 0 heterocycles. The Morgan fingerprint density at radius 2 is 1.60 bits per heavy atom. The van der Waals surface area contributed by atoms with Crippen molar-refractivity contribution in [1.29, 1.82) is 0 Å². The SMILES string of the molecule is COc1ccccc1OC(CN)CCc1ccccc1. The molecule has 3 nitrogen and oxygen atoms in total. The maximum atomic E-state index is 5.96. The number of aryl methyl sites for hydroxylation is 1. The molecular weight excluding hydrogens is 250 g/mol. The van der Waals surface area contributed by atoms with Crippen molar-refractivity contribution in [2.24, 2.45) is 5.73 Å². The average Bonchev–Trinajstić information content (AvgIpc) is 2.52. The van der Waals surface area contributed by atoms with Crippen molar-refractivity contribution in [3.05, 3.63) is 60.2 Å². The minimum Gasteiger partial charge on any atom is -0.493 e. The predicted octanol–water partition coefficient (Wildman–Crippen LogP) is 3.03. The molecule has 0 saturated heterocycles. The van der Waals surface area contributed by atoms with Crippen LogP contribution < -0.4 is 15.2 Å². The van der Waals surface area contributed by atoms with Crippen molar-refractivity contribution in [2.45, 2.75) is 18.9 Å². The van der Waals surface area contributed by atoms with Gasteiger partial charge >= 0.3 is 0 Å². The number of ether oxygens (including phenoxy) is 2. The van der Waals surface area contributed by atoms with E-state index >= 15 is 0 Å². The van der Waals surface area contributed by atoms with Gasteiger partial charge in [-0.25, -0.2) is 0 Å². The Morgan fingerprint density at radius 3 is 2.25 bits per heavy atom. The molecule has 0 amide bonds. The molecule has 0 aromatic heterocycles. The van der Waals surface area contributed by atoms with Crippen LogP contribution in [0.5, 0.6) is 11.5 Å². The Balaban J connectivity index is 1.95. The summed E-state index contributed by atoms with van der Waals surface area (Å²) in [5.41, 5.74) is 7.11. The molecule has 0 bridgehead atoms. The highest BCUT2D eigenvalue weighted by molar-refractivity contribution is 5.39. The number of para-hydroxylation sites is 2. The summed E-state index contributed by atoms with van der Waals surface area (Å²) in [6, 6.07) is 18.0. The summed E-state index contributed by atoms with van der Waals surface area (Å²) in [6.07, 6.45) is 1.84. The molecule has 106 valence electrons. The van der Waals surface area contributed by atoms with Crippen molar-refractivity contribution < 1.29 is 9.47 Å². The summed E-state index contributed by atoms with van der Waals surface area (Å²) in [5.74, 6) is 1.49. The fourth-order valence-electron chi connectivity index (χ4n) is 2.09. The van der Waals surface area contributed by atoms with Crippen LogP contribution >= 0.6 is 0 Å². The summed E-state index contributed by atoms with van der Waals surface area (Å²) >= 11 is 0. The normalized spacial score (nSPS) is 11.9. The van der Waals surface area contributed by atoms with E-state index in [1.165, 1.54) is 5.56 Å². The molecule has 0 spiro atoms. The molecule has 2 rings (SSSR count). The van der Waals surface area contributed by atoms with Crippen LogP contribution in [-0.2, 0) is 6.42 Å². The van der Waals surface area contributed by atoms with Gasteiger partial charge in [0.15, 0.2) is 11.5 Å². The fraction of sp³-hybridized carbons (Fsp3) is 0.294. The number of methoxy groups -OCH3 is 1. The van der Waals surface area contributed by atoms with E-state index in [0.717, 1.165) is 24.3 Å². The molecule has 0 saturated carbocycles. The molecule has 3 heteroatoms. The third kappa shape index (κ3) is 4.00. The highest BCUT2D eigenvalue weighted by Gasteiger charge is 2.11. The number of rotatable bonds is 7. The second-order valence-electron chi connectivity index (χ2n) is 4.65. The van der Waals surface area contributed by atoms with Crippen LogP contribution in [0.1, 0.15) is 12.0 Å². The summed E-state index contributed by atoms with van der Waals surface area (Å²) in [5, 5.41) is 0. The zero-order valence-corrected chi connectivity index (χ0v) is 11.8. The molecule has 2 aromatic rings. The van der Waals surface area contributed by atoms with Gasteiger partial charge in [-0.05, 0) is 30.5 Å². The predicted molar refractivity (Wildman–Crippen MR) is 81.2 cm³/mol. The van der Waals surface area contributed by atoms with Crippen LogP contribution in [0, 0.1) is 0 Å². The van der Waals surface area contributed by atoms with Gasteiger partial charge in [-0.3, -0.25) is 0 Å². The number of hydrogen-bond acceptors (Lipinski definition) is 3. The van der Waals surface area contributed by atoms with E-state index in [1.807, 2.05) is 42.5 Å². The van der Waals surface area contributed by atoms with Gasteiger partial charge < -0.3 is 15.2 Å². The van der Waals surface area contributed by atoms with Crippen LogP contribution in [-0.4, -0.2) is 19.8 Å². The quantitative estimate of drug-likeness (QED) is 0.842. The van der Waals surface area contributed by atoms with Gasteiger partial charge in [-0.1, -0.05) is 42.5 Å². The first-order valence-electron chi connectivity index (χ1n) is 6.87. The van der Waals surface area contributed by atoms with Crippen molar-refractivity contribution >= 4 is 0 Å².